The molecule has 2 heterocycles. The zero-order valence-electron chi connectivity index (χ0n) is 15.2. The number of hydrogen-bond acceptors (Lipinski definition) is 5. The second-order valence-electron chi connectivity index (χ2n) is 7.51. The van der Waals surface area contributed by atoms with E-state index in [2.05, 4.69) is 22.9 Å². The first-order valence-electron chi connectivity index (χ1n) is 9.22. The average Bonchev–Trinajstić information content (AvgIpc) is 3.25. The average molecular weight is 359 g/mol. The van der Waals surface area contributed by atoms with Gasteiger partial charge in [-0.3, -0.25) is 10.1 Å². The van der Waals surface area contributed by atoms with Crippen molar-refractivity contribution in [3.05, 3.63) is 23.3 Å². The van der Waals surface area contributed by atoms with Crippen LogP contribution >= 0.6 is 0 Å². The summed E-state index contributed by atoms with van der Waals surface area (Å²) in [5, 5.41) is 8.71. The number of methoxy groups -OCH3 is 1. The molecule has 3 aliphatic rings. The fourth-order valence-corrected chi connectivity index (χ4v) is 4.53. The molecular weight excluding hydrogens is 334 g/mol. The van der Waals surface area contributed by atoms with Crippen molar-refractivity contribution in [2.45, 2.75) is 50.8 Å². The molecule has 3 N–H and O–H groups in total. The molecular formula is C19H25N3O4. The molecule has 0 aromatic heterocycles. The number of nitrogens with one attached hydrogen (secondary N) is 3. The predicted octanol–water partition coefficient (Wildman–Crippen LogP) is 1.49. The van der Waals surface area contributed by atoms with Gasteiger partial charge >= 0.3 is 6.03 Å². The van der Waals surface area contributed by atoms with E-state index in [1.165, 1.54) is 5.56 Å². The van der Waals surface area contributed by atoms with Gasteiger partial charge in [-0.25, -0.2) is 4.79 Å². The van der Waals surface area contributed by atoms with Crippen LogP contribution in [0.5, 0.6) is 11.5 Å². The largest absolute Gasteiger partial charge is 0.497 e. The van der Waals surface area contributed by atoms with Crippen molar-refractivity contribution in [1.82, 2.24) is 16.0 Å². The Kier molecular flexibility index (Phi) is 4.26. The van der Waals surface area contributed by atoms with Crippen molar-refractivity contribution >= 4 is 11.9 Å². The number of carbonyl (C=O) groups excluding carboxylic acids is 2. The summed E-state index contributed by atoms with van der Waals surface area (Å²) >= 11 is 0. The number of urea groups is 1. The molecule has 1 aliphatic carbocycles. The summed E-state index contributed by atoms with van der Waals surface area (Å²) in [5.74, 6) is 1.68. The van der Waals surface area contributed by atoms with E-state index < -0.39 is 5.54 Å². The van der Waals surface area contributed by atoms with Gasteiger partial charge in [0.05, 0.1) is 7.11 Å². The van der Waals surface area contributed by atoms with Crippen LogP contribution in [0.25, 0.3) is 0 Å². The number of fused-ring (bicyclic) bond motifs is 1. The number of ether oxygens (including phenoxy) is 2. The summed E-state index contributed by atoms with van der Waals surface area (Å²) in [6, 6.07) is 3.65. The van der Waals surface area contributed by atoms with Gasteiger partial charge in [-0.05, 0) is 31.9 Å². The number of benzene rings is 1. The lowest BCUT2D eigenvalue weighted by Gasteiger charge is -2.28. The number of carbonyl (C=O) groups is 2. The van der Waals surface area contributed by atoms with E-state index in [-0.39, 0.29) is 24.0 Å². The van der Waals surface area contributed by atoms with E-state index in [9.17, 15) is 9.59 Å². The molecule has 1 aromatic rings. The molecule has 2 aliphatic heterocycles. The minimum atomic E-state index is -0.745. The predicted molar refractivity (Wildman–Crippen MR) is 95.2 cm³/mol. The van der Waals surface area contributed by atoms with Gasteiger partial charge in [0.2, 0.25) is 0 Å². The molecule has 0 radical (unpaired) electrons. The number of hydrogen-bond donors (Lipinski definition) is 3. The third kappa shape index (κ3) is 2.80. The Labute approximate surface area is 152 Å². The van der Waals surface area contributed by atoms with Gasteiger partial charge in [0, 0.05) is 36.6 Å². The summed E-state index contributed by atoms with van der Waals surface area (Å²) in [7, 11) is 1.67. The number of rotatable bonds is 5. The first kappa shape index (κ1) is 17.1. The highest BCUT2D eigenvalue weighted by atomic mass is 16.5. The smallest absolute Gasteiger partial charge is 0.322 e. The molecule has 3 amide bonds. The lowest BCUT2D eigenvalue weighted by atomic mass is 9.87. The van der Waals surface area contributed by atoms with Gasteiger partial charge in [0.1, 0.15) is 23.1 Å². The zero-order valence-corrected chi connectivity index (χ0v) is 15.2. The topological polar surface area (TPSA) is 88.7 Å². The fraction of sp³-hybridized carbons (Fsp3) is 0.579. The second-order valence-corrected chi connectivity index (χ2v) is 7.51. The van der Waals surface area contributed by atoms with Crippen LogP contribution in [0.4, 0.5) is 4.79 Å². The summed E-state index contributed by atoms with van der Waals surface area (Å²) < 4.78 is 11.4. The van der Waals surface area contributed by atoms with E-state index in [4.69, 9.17) is 9.47 Å². The van der Waals surface area contributed by atoms with Gasteiger partial charge in [0.25, 0.3) is 5.91 Å². The van der Waals surface area contributed by atoms with Crippen molar-refractivity contribution in [2.75, 3.05) is 13.7 Å². The Morgan fingerprint density at radius 3 is 2.96 bits per heavy atom. The van der Waals surface area contributed by atoms with E-state index in [0.29, 0.717) is 19.5 Å². The van der Waals surface area contributed by atoms with Crippen molar-refractivity contribution < 1.29 is 19.1 Å². The third-order valence-corrected chi connectivity index (χ3v) is 5.77. The van der Waals surface area contributed by atoms with Gasteiger partial charge in [0.15, 0.2) is 0 Å². The van der Waals surface area contributed by atoms with Gasteiger partial charge in [-0.2, -0.15) is 0 Å². The monoisotopic (exact) mass is 359 g/mol. The number of imide groups is 1. The minimum absolute atomic E-state index is 0.0902. The van der Waals surface area contributed by atoms with E-state index in [0.717, 1.165) is 36.3 Å². The van der Waals surface area contributed by atoms with Crippen LogP contribution in [0.1, 0.15) is 37.3 Å². The molecule has 1 saturated carbocycles. The van der Waals surface area contributed by atoms with E-state index in [1.807, 2.05) is 12.1 Å². The van der Waals surface area contributed by atoms with Crippen molar-refractivity contribution in [3.8, 4) is 11.5 Å². The summed E-state index contributed by atoms with van der Waals surface area (Å²) in [5.41, 5.74) is 1.50. The highest BCUT2D eigenvalue weighted by Crippen LogP contribution is 2.38. The maximum absolute atomic E-state index is 12.3. The van der Waals surface area contributed by atoms with Crippen molar-refractivity contribution in [2.24, 2.45) is 5.92 Å². The maximum Gasteiger partial charge on any atom is 0.322 e. The van der Waals surface area contributed by atoms with Crippen LogP contribution in [0.3, 0.4) is 0 Å². The van der Waals surface area contributed by atoms with Gasteiger partial charge in [-0.1, -0.05) is 6.42 Å². The summed E-state index contributed by atoms with van der Waals surface area (Å²) in [4.78, 5) is 23.9. The van der Waals surface area contributed by atoms with Crippen LogP contribution in [-0.4, -0.2) is 37.2 Å². The SMILES string of the molecule is COc1cc(CNC[C@@H]2CCC[C@@]23NC(=O)NC3=O)c2c(c1)C[C@@H](C)O2. The Balaban J connectivity index is 1.45. The minimum Gasteiger partial charge on any atom is -0.497 e. The van der Waals surface area contributed by atoms with Crippen LogP contribution < -0.4 is 25.4 Å². The normalized spacial score (nSPS) is 29.5. The summed E-state index contributed by atoms with van der Waals surface area (Å²) in [6.45, 7) is 3.36. The molecule has 2 fully saturated rings. The van der Waals surface area contributed by atoms with Crippen molar-refractivity contribution in [3.63, 3.8) is 0 Å². The fourth-order valence-electron chi connectivity index (χ4n) is 4.53. The maximum atomic E-state index is 12.3. The standard InChI is InChI=1S/C19H25N3O4/c1-11-6-12-7-15(25-2)8-13(16(12)26-11)9-20-10-14-4-3-5-19(14)17(23)21-18(24)22-19/h7-8,11,14,20H,3-6,9-10H2,1-2H3,(H2,21,22,23,24)/t11-,14+,19-/m1/s1. The third-order valence-electron chi connectivity index (χ3n) is 5.77. The molecule has 0 unspecified atom stereocenters. The molecule has 1 aromatic carbocycles. The number of amides is 3. The van der Waals surface area contributed by atoms with E-state index >= 15 is 0 Å². The molecule has 7 heteroatoms. The Bertz CT molecular complexity index is 751. The van der Waals surface area contributed by atoms with Crippen molar-refractivity contribution in [1.29, 1.82) is 0 Å². The Morgan fingerprint density at radius 1 is 1.38 bits per heavy atom. The molecule has 4 rings (SSSR count). The first-order valence-corrected chi connectivity index (χ1v) is 9.22. The summed E-state index contributed by atoms with van der Waals surface area (Å²) in [6.07, 6.45) is 3.62. The van der Waals surface area contributed by atoms with Crippen LogP contribution in [0.15, 0.2) is 12.1 Å². The Hall–Kier alpha value is -2.28. The highest BCUT2D eigenvalue weighted by Gasteiger charge is 2.53. The lowest BCUT2D eigenvalue weighted by Crippen LogP contribution is -2.52. The molecule has 0 bridgehead atoms. The quantitative estimate of drug-likeness (QED) is 0.693. The lowest BCUT2D eigenvalue weighted by molar-refractivity contribution is -0.125. The second kappa shape index (κ2) is 6.46. The van der Waals surface area contributed by atoms with Crippen LogP contribution in [0.2, 0.25) is 0 Å². The van der Waals surface area contributed by atoms with Gasteiger partial charge in [-0.15, -0.1) is 0 Å². The molecule has 1 spiro atoms. The van der Waals surface area contributed by atoms with Crippen LogP contribution in [-0.2, 0) is 17.8 Å². The molecule has 1 saturated heterocycles. The molecule has 7 nitrogen and oxygen atoms in total. The van der Waals surface area contributed by atoms with Gasteiger partial charge < -0.3 is 20.1 Å². The highest BCUT2D eigenvalue weighted by molar-refractivity contribution is 6.07. The molecule has 26 heavy (non-hydrogen) atoms. The zero-order chi connectivity index (χ0) is 18.3. The Morgan fingerprint density at radius 2 is 2.23 bits per heavy atom. The molecule has 140 valence electrons. The van der Waals surface area contributed by atoms with Crippen LogP contribution in [0, 0.1) is 5.92 Å². The van der Waals surface area contributed by atoms with E-state index in [1.54, 1.807) is 7.11 Å². The first-order chi connectivity index (χ1) is 12.5. The molecule has 3 atom stereocenters.